The lowest BCUT2D eigenvalue weighted by Gasteiger charge is -2.32. The van der Waals surface area contributed by atoms with Gasteiger partial charge in [0, 0.05) is 48.3 Å². The number of nitrogens with zero attached hydrogens (tertiary/aromatic N) is 2. The van der Waals surface area contributed by atoms with Gasteiger partial charge in [-0.1, -0.05) is 36.0 Å². The van der Waals surface area contributed by atoms with Crippen molar-refractivity contribution in [1.82, 2.24) is 15.1 Å². The average molecular weight is 471 g/mol. The number of Topliss-reactive ketones (excluding diaryl/α,β-unsaturated/α-hetero) is 1. The molecule has 2 amide bonds. The number of amides is 2. The summed E-state index contributed by atoms with van der Waals surface area (Å²) in [7, 11) is 2.06. The van der Waals surface area contributed by atoms with Crippen molar-refractivity contribution in [1.29, 1.82) is 0 Å². The SMILES string of the molecule is CC(=O)CCCCCC(NC(=O)CN1CCN(C)CC1)C(=O)Nc1cc(Cl)cc(Cl)c1. The molecule has 172 valence electrons. The second kappa shape index (κ2) is 13.0. The Hall–Kier alpha value is -1.67. The summed E-state index contributed by atoms with van der Waals surface area (Å²) in [5, 5.41) is 6.52. The van der Waals surface area contributed by atoms with E-state index in [1.807, 2.05) is 0 Å². The van der Waals surface area contributed by atoms with Crippen LogP contribution in [0, 0.1) is 0 Å². The molecule has 1 aliphatic heterocycles. The summed E-state index contributed by atoms with van der Waals surface area (Å²) in [5.41, 5.74) is 0.484. The van der Waals surface area contributed by atoms with Gasteiger partial charge >= 0.3 is 0 Å². The van der Waals surface area contributed by atoms with Crippen molar-refractivity contribution < 1.29 is 14.4 Å². The van der Waals surface area contributed by atoms with Crippen LogP contribution in [0.25, 0.3) is 0 Å². The van der Waals surface area contributed by atoms with Crippen LogP contribution in [0.1, 0.15) is 39.0 Å². The number of nitrogens with one attached hydrogen (secondary N) is 2. The number of halogens is 2. The van der Waals surface area contributed by atoms with Crippen molar-refractivity contribution >= 4 is 46.5 Å². The van der Waals surface area contributed by atoms with Crippen LogP contribution in [0.3, 0.4) is 0 Å². The normalized spacial score (nSPS) is 16.0. The van der Waals surface area contributed by atoms with Gasteiger partial charge in [0.2, 0.25) is 11.8 Å². The molecular weight excluding hydrogens is 439 g/mol. The van der Waals surface area contributed by atoms with Crippen LogP contribution in [-0.2, 0) is 14.4 Å². The number of ketones is 1. The molecule has 1 aromatic rings. The Balaban J connectivity index is 1.94. The molecule has 2 rings (SSSR count). The lowest BCUT2D eigenvalue weighted by molar-refractivity contribution is -0.127. The third-order valence-electron chi connectivity index (χ3n) is 5.27. The third-order valence-corrected chi connectivity index (χ3v) is 5.70. The van der Waals surface area contributed by atoms with Gasteiger partial charge in [0.05, 0.1) is 6.54 Å². The molecule has 1 unspecified atom stereocenters. The largest absolute Gasteiger partial charge is 0.343 e. The molecule has 1 heterocycles. The Kier molecular flexibility index (Phi) is 10.7. The van der Waals surface area contributed by atoms with Crippen molar-refractivity contribution in [2.45, 2.75) is 45.1 Å². The first-order valence-corrected chi connectivity index (χ1v) is 11.4. The maximum absolute atomic E-state index is 12.9. The van der Waals surface area contributed by atoms with Crippen LogP contribution in [0.5, 0.6) is 0 Å². The Labute approximate surface area is 194 Å². The minimum absolute atomic E-state index is 0.160. The molecule has 0 aromatic heterocycles. The topological polar surface area (TPSA) is 81.8 Å². The van der Waals surface area contributed by atoms with E-state index in [1.54, 1.807) is 25.1 Å². The number of piperazine rings is 1. The highest BCUT2D eigenvalue weighted by atomic mass is 35.5. The molecule has 2 N–H and O–H groups in total. The fourth-order valence-electron chi connectivity index (χ4n) is 3.47. The Bertz CT molecular complexity index is 747. The van der Waals surface area contributed by atoms with Crippen LogP contribution in [0.15, 0.2) is 18.2 Å². The van der Waals surface area contributed by atoms with Gasteiger partial charge in [-0.05, 0) is 45.0 Å². The van der Waals surface area contributed by atoms with Gasteiger partial charge in [-0.3, -0.25) is 14.5 Å². The number of hydrogen-bond donors (Lipinski definition) is 2. The highest BCUT2D eigenvalue weighted by Gasteiger charge is 2.23. The zero-order chi connectivity index (χ0) is 22.8. The molecular formula is C22H32Cl2N4O3. The van der Waals surface area contributed by atoms with Crippen molar-refractivity contribution in [2.24, 2.45) is 0 Å². The molecule has 1 aliphatic rings. The van der Waals surface area contributed by atoms with Crippen LogP contribution in [0.2, 0.25) is 10.0 Å². The van der Waals surface area contributed by atoms with Crippen LogP contribution in [-0.4, -0.2) is 73.2 Å². The molecule has 0 saturated carbocycles. The van der Waals surface area contributed by atoms with Gasteiger partial charge < -0.3 is 20.3 Å². The highest BCUT2D eigenvalue weighted by Crippen LogP contribution is 2.22. The van der Waals surface area contributed by atoms with E-state index >= 15 is 0 Å². The van der Waals surface area contributed by atoms with Crippen LogP contribution < -0.4 is 10.6 Å². The first kappa shape index (κ1) is 25.6. The van der Waals surface area contributed by atoms with E-state index in [-0.39, 0.29) is 24.1 Å². The summed E-state index contributed by atoms with van der Waals surface area (Å²) in [4.78, 5) is 40.9. The maximum Gasteiger partial charge on any atom is 0.246 e. The fraction of sp³-hybridized carbons (Fsp3) is 0.591. The fourth-order valence-corrected chi connectivity index (χ4v) is 4.00. The highest BCUT2D eigenvalue weighted by molar-refractivity contribution is 6.35. The minimum atomic E-state index is -0.671. The monoisotopic (exact) mass is 470 g/mol. The van der Waals surface area contributed by atoms with Gasteiger partial charge in [-0.15, -0.1) is 0 Å². The van der Waals surface area contributed by atoms with E-state index in [0.29, 0.717) is 28.6 Å². The quantitative estimate of drug-likeness (QED) is 0.485. The zero-order valence-electron chi connectivity index (χ0n) is 18.3. The lowest BCUT2D eigenvalue weighted by Crippen LogP contribution is -2.51. The van der Waals surface area contributed by atoms with E-state index in [4.69, 9.17) is 23.2 Å². The number of carbonyl (C=O) groups is 3. The number of benzene rings is 1. The number of carbonyl (C=O) groups excluding carboxylic acids is 3. The molecule has 0 spiro atoms. The third kappa shape index (κ3) is 9.99. The number of rotatable bonds is 11. The summed E-state index contributed by atoms with van der Waals surface area (Å²) in [6, 6.07) is 4.14. The molecule has 0 radical (unpaired) electrons. The van der Waals surface area contributed by atoms with Gasteiger partial charge in [-0.25, -0.2) is 0 Å². The molecule has 7 nitrogen and oxygen atoms in total. The van der Waals surface area contributed by atoms with Crippen molar-refractivity contribution in [3.63, 3.8) is 0 Å². The molecule has 1 fully saturated rings. The van der Waals surface area contributed by atoms with E-state index in [9.17, 15) is 14.4 Å². The van der Waals surface area contributed by atoms with Crippen molar-refractivity contribution in [3.05, 3.63) is 28.2 Å². The molecule has 0 bridgehead atoms. The summed E-state index contributed by atoms with van der Waals surface area (Å²) in [6.07, 6.45) is 3.36. The van der Waals surface area contributed by atoms with E-state index in [1.165, 1.54) is 0 Å². The molecule has 1 saturated heterocycles. The number of anilines is 1. The molecule has 1 aromatic carbocycles. The summed E-state index contributed by atoms with van der Waals surface area (Å²) in [6.45, 7) is 5.33. The predicted molar refractivity (Wildman–Crippen MR) is 125 cm³/mol. The first-order valence-electron chi connectivity index (χ1n) is 10.7. The van der Waals surface area contributed by atoms with Gasteiger partial charge in [0.25, 0.3) is 0 Å². The zero-order valence-corrected chi connectivity index (χ0v) is 19.8. The van der Waals surface area contributed by atoms with E-state index in [0.717, 1.165) is 45.4 Å². The minimum Gasteiger partial charge on any atom is -0.343 e. The smallest absolute Gasteiger partial charge is 0.246 e. The van der Waals surface area contributed by atoms with E-state index < -0.39 is 6.04 Å². The van der Waals surface area contributed by atoms with Gasteiger partial charge in [0.15, 0.2) is 0 Å². The molecule has 0 aliphatic carbocycles. The lowest BCUT2D eigenvalue weighted by atomic mass is 10.1. The van der Waals surface area contributed by atoms with E-state index in [2.05, 4.69) is 27.5 Å². The summed E-state index contributed by atoms with van der Waals surface area (Å²) >= 11 is 12.0. The first-order chi connectivity index (χ1) is 14.7. The molecule has 9 heteroatoms. The van der Waals surface area contributed by atoms with Gasteiger partial charge in [-0.2, -0.15) is 0 Å². The number of hydrogen-bond acceptors (Lipinski definition) is 5. The second-order valence-electron chi connectivity index (χ2n) is 8.15. The number of likely N-dealkylation sites (N-methyl/N-ethyl adjacent to an activating group) is 1. The van der Waals surface area contributed by atoms with Crippen molar-refractivity contribution in [3.8, 4) is 0 Å². The number of unbranched alkanes of at least 4 members (excludes halogenated alkanes) is 2. The molecule has 31 heavy (non-hydrogen) atoms. The Morgan fingerprint density at radius 2 is 1.65 bits per heavy atom. The molecule has 1 atom stereocenters. The average Bonchev–Trinajstić information content (AvgIpc) is 2.67. The van der Waals surface area contributed by atoms with Crippen molar-refractivity contribution in [2.75, 3.05) is 45.1 Å². The Morgan fingerprint density at radius 3 is 2.26 bits per heavy atom. The second-order valence-corrected chi connectivity index (χ2v) is 9.02. The maximum atomic E-state index is 12.9. The van der Waals surface area contributed by atoms with Crippen LogP contribution in [0.4, 0.5) is 5.69 Å². The standard InChI is InChI=1S/C22H32Cl2N4O3/c1-16(29)6-4-3-5-7-20(22(31)25-19-13-17(23)12-18(24)14-19)26-21(30)15-28-10-8-27(2)9-11-28/h12-14,20H,3-11,15H2,1-2H3,(H,25,31)(H,26,30). The van der Waals surface area contributed by atoms with Gasteiger partial charge in [0.1, 0.15) is 11.8 Å². The summed E-state index contributed by atoms with van der Waals surface area (Å²) < 4.78 is 0. The Morgan fingerprint density at radius 1 is 1.00 bits per heavy atom. The predicted octanol–water partition coefficient (Wildman–Crippen LogP) is 3.20. The van der Waals surface area contributed by atoms with Crippen LogP contribution >= 0.6 is 23.2 Å². The summed E-state index contributed by atoms with van der Waals surface area (Å²) in [5.74, 6) is -0.318.